The fourth-order valence-electron chi connectivity index (χ4n) is 2.55. The summed E-state index contributed by atoms with van der Waals surface area (Å²) in [5, 5.41) is 0.665. The number of ether oxygens (including phenoxy) is 1. The molecule has 1 saturated heterocycles. The van der Waals surface area contributed by atoms with Gasteiger partial charge in [0.1, 0.15) is 10.8 Å². The Morgan fingerprint density at radius 3 is 2.50 bits per heavy atom. The minimum Gasteiger partial charge on any atom is -0.406 e. The molecule has 1 fully saturated rings. The Morgan fingerprint density at radius 2 is 1.88 bits per heavy atom. The number of alkyl halides is 3. The summed E-state index contributed by atoms with van der Waals surface area (Å²) >= 11 is 1.37. The number of thiazole rings is 1. The molecule has 0 unspecified atom stereocenters. The normalized spacial score (nSPS) is 14.9. The third-order valence-electron chi connectivity index (χ3n) is 3.67. The summed E-state index contributed by atoms with van der Waals surface area (Å²) < 4.78 is 40.3. The summed E-state index contributed by atoms with van der Waals surface area (Å²) in [6.45, 7) is 1.62. The lowest BCUT2D eigenvalue weighted by molar-refractivity contribution is -0.274. The zero-order chi connectivity index (χ0) is 17.2. The van der Waals surface area contributed by atoms with Gasteiger partial charge in [-0.1, -0.05) is 0 Å². The molecular weight excluding hydrogens is 341 g/mol. The SMILES string of the molecule is O=C(Cc1cnc(-c2ccc(OC(F)(F)F)cc2)s1)N1CCCC1. The quantitative estimate of drug-likeness (QED) is 0.835. The molecule has 1 aromatic carbocycles. The first kappa shape index (κ1) is 16.8. The molecule has 0 bridgehead atoms. The molecule has 2 aromatic rings. The van der Waals surface area contributed by atoms with Crippen LogP contribution in [0.15, 0.2) is 30.5 Å². The summed E-state index contributed by atoms with van der Waals surface area (Å²) in [6.07, 6.45) is -0.648. The van der Waals surface area contributed by atoms with Crippen molar-refractivity contribution in [3.8, 4) is 16.3 Å². The first-order valence-electron chi connectivity index (χ1n) is 7.49. The van der Waals surface area contributed by atoms with Gasteiger partial charge in [0.05, 0.1) is 6.42 Å². The Labute approximate surface area is 140 Å². The topological polar surface area (TPSA) is 42.4 Å². The number of rotatable bonds is 4. The number of aromatic nitrogens is 1. The first-order valence-corrected chi connectivity index (χ1v) is 8.31. The van der Waals surface area contributed by atoms with Gasteiger partial charge in [0.25, 0.3) is 0 Å². The summed E-state index contributed by atoms with van der Waals surface area (Å²) in [5.41, 5.74) is 0.689. The van der Waals surface area contributed by atoms with Crippen LogP contribution in [0.5, 0.6) is 5.75 Å². The molecule has 1 aromatic heterocycles. The molecular formula is C16H15F3N2O2S. The highest BCUT2D eigenvalue weighted by molar-refractivity contribution is 7.15. The van der Waals surface area contributed by atoms with Crippen LogP contribution in [-0.4, -0.2) is 35.2 Å². The Hall–Kier alpha value is -2.09. The van der Waals surface area contributed by atoms with E-state index in [4.69, 9.17) is 0 Å². The third kappa shape index (κ3) is 4.25. The zero-order valence-corrected chi connectivity index (χ0v) is 13.5. The van der Waals surface area contributed by atoms with Crippen LogP contribution in [0.2, 0.25) is 0 Å². The number of benzene rings is 1. The Morgan fingerprint density at radius 1 is 1.21 bits per heavy atom. The summed E-state index contributed by atoms with van der Waals surface area (Å²) in [5.74, 6) is -0.177. The van der Waals surface area contributed by atoms with Gasteiger partial charge >= 0.3 is 6.36 Å². The van der Waals surface area contributed by atoms with Crippen LogP contribution in [0.4, 0.5) is 13.2 Å². The number of amides is 1. The Kier molecular flexibility index (Phi) is 4.75. The molecule has 1 amide bonds. The Balaban J connectivity index is 1.65. The molecule has 128 valence electrons. The first-order chi connectivity index (χ1) is 11.4. The highest BCUT2D eigenvalue weighted by Gasteiger charge is 2.31. The maximum Gasteiger partial charge on any atom is 0.573 e. The van der Waals surface area contributed by atoms with Gasteiger partial charge in [-0.3, -0.25) is 4.79 Å². The number of likely N-dealkylation sites (tertiary alicyclic amines) is 1. The van der Waals surface area contributed by atoms with Gasteiger partial charge in [-0.2, -0.15) is 0 Å². The predicted octanol–water partition coefficient (Wildman–Crippen LogP) is 3.87. The van der Waals surface area contributed by atoms with E-state index in [2.05, 4.69) is 9.72 Å². The molecule has 8 heteroatoms. The largest absolute Gasteiger partial charge is 0.573 e. The standard InChI is InChI=1S/C16H15F3N2O2S/c17-16(18,19)23-12-5-3-11(4-6-12)15-20-10-13(24-15)9-14(22)21-7-1-2-8-21/h3-6,10H,1-2,7-9H2. The smallest absolute Gasteiger partial charge is 0.406 e. The van der Waals surface area contributed by atoms with E-state index in [1.807, 2.05) is 4.90 Å². The Bertz CT molecular complexity index is 707. The third-order valence-corrected chi connectivity index (χ3v) is 4.72. The second-order valence-electron chi connectivity index (χ2n) is 5.47. The fraction of sp³-hybridized carbons (Fsp3) is 0.375. The minimum absolute atomic E-state index is 0.0941. The molecule has 0 N–H and O–H groups in total. The van der Waals surface area contributed by atoms with Crippen LogP contribution in [0, 0.1) is 0 Å². The molecule has 3 rings (SSSR count). The van der Waals surface area contributed by atoms with Crippen molar-refractivity contribution in [1.82, 2.24) is 9.88 Å². The predicted molar refractivity (Wildman–Crippen MR) is 83.8 cm³/mol. The second-order valence-corrected chi connectivity index (χ2v) is 6.58. The average Bonchev–Trinajstić information content (AvgIpc) is 3.17. The number of hydrogen-bond donors (Lipinski definition) is 0. The van der Waals surface area contributed by atoms with E-state index in [0.29, 0.717) is 17.0 Å². The lowest BCUT2D eigenvalue weighted by Gasteiger charge is -2.13. The van der Waals surface area contributed by atoms with Crippen LogP contribution in [0.1, 0.15) is 17.7 Å². The number of carbonyl (C=O) groups is 1. The van der Waals surface area contributed by atoms with Gasteiger partial charge < -0.3 is 9.64 Å². The molecule has 1 aliphatic heterocycles. The van der Waals surface area contributed by atoms with Crippen molar-refractivity contribution in [2.24, 2.45) is 0 Å². The summed E-state index contributed by atoms with van der Waals surface area (Å²) in [4.78, 5) is 19.1. The monoisotopic (exact) mass is 356 g/mol. The molecule has 0 radical (unpaired) electrons. The van der Waals surface area contributed by atoms with Gasteiger partial charge in [-0.25, -0.2) is 4.98 Å². The van der Waals surface area contributed by atoms with E-state index in [0.717, 1.165) is 30.8 Å². The summed E-state index contributed by atoms with van der Waals surface area (Å²) in [6, 6.07) is 5.54. The fourth-order valence-corrected chi connectivity index (χ4v) is 3.46. The molecule has 0 saturated carbocycles. The zero-order valence-electron chi connectivity index (χ0n) is 12.7. The van der Waals surface area contributed by atoms with Crippen molar-refractivity contribution < 1.29 is 22.7 Å². The van der Waals surface area contributed by atoms with Gasteiger partial charge in [0.2, 0.25) is 5.91 Å². The molecule has 2 heterocycles. The van der Waals surface area contributed by atoms with Crippen LogP contribution in [0.25, 0.3) is 10.6 Å². The van der Waals surface area contributed by atoms with Crippen LogP contribution in [0.3, 0.4) is 0 Å². The number of halogens is 3. The maximum atomic E-state index is 12.1. The average molecular weight is 356 g/mol. The van der Waals surface area contributed by atoms with Crippen molar-refractivity contribution in [2.45, 2.75) is 25.6 Å². The van der Waals surface area contributed by atoms with Crippen molar-refractivity contribution in [3.63, 3.8) is 0 Å². The summed E-state index contributed by atoms with van der Waals surface area (Å²) in [7, 11) is 0. The van der Waals surface area contributed by atoms with Crippen molar-refractivity contribution in [2.75, 3.05) is 13.1 Å². The van der Waals surface area contributed by atoms with Crippen molar-refractivity contribution in [3.05, 3.63) is 35.3 Å². The minimum atomic E-state index is -4.70. The van der Waals surface area contributed by atoms with Crippen LogP contribution in [-0.2, 0) is 11.2 Å². The van der Waals surface area contributed by atoms with Crippen LogP contribution < -0.4 is 4.74 Å². The van der Waals surface area contributed by atoms with E-state index in [-0.39, 0.29) is 11.7 Å². The molecule has 0 atom stereocenters. The lowest BCUT2D eigenvalue weighted by atomic mass is 10.2. The molecule has 24 heavy (non-hydrogen) atoms. The van der Waals surface area contributed by atoms with E-state index in [1.54, 1.807) is 6.20 Å². The van der Waals surface area contributed by atoms with E-state index < -0.39 is 6.36 Å². The molecule has 0 spiro atoms. The van der Waals surface area contributed by atoms with Crippen LogP contribution >= 0.6 is 11.3 Å². The highest BCUT2D eigenvalue weighted by Crippen LogP contribution is 2.29. The van der Waals surface area contributed by atoms with Gasteiger partial charge in [-0.15, -0.1) is 24.5 Å². The number of carbonyl (C=O) groups excluding carboxylic acids is 1. The van der Waals surface area contributed by atoms with E-state index in [9.17, 15) is 18.0 Å². The van der Waals surface area contributed by atoms with Gasteiger partial charge in [0, 0.05) is 29.7 Å². The maximum absolute atomic E-state index is 12.1. The number of nitrogens with zero attached hydrogens (tertiary/aromatic N) is 2. The highest BCUT2D eigenvalue weighted by atomic mass is 32.1. The second kappa shape index (κ2) is 6.80. The molecule has 1 aliphatic rings. The van der Waals surface area contributed by atoms with Crippen molar-refractivity contribution >= 4 is 17.2 Å². The van der Waals surface area contributed by atoms with Crippen molar-refractivity contribution in [1.29, 1.82) is 0 Å². The van der Waals surface area contributed by atoms with E-state index >= 15 is 0 Å². The molecule has 4 nitrogen and oxygen atoms in total. The van der Waals surface area contributed by atoms with Gasteiger partial charge in [0.15, 0.2) is 0 Å². The molecule has 0 aliphatic carbocycles. The van der Waals surface area contributed by atoms with E-state index in [1.165, 1.54) is 35.6 Å². The van der Waals surface area contributed by atoms with Gasteiger partial charge in [-0.05, 0) is 37.1 Å². The number of hydrogen-bond acceptors (Lipinski definition) is 4. The lowest BCUT2D eigenvalue weighted by Crippen LogP contribution is -2.28.